The molecule has 4 N–H and O–H groups in total. The van der Waals surface area contributed by atoms with Crippen LogP contribution < -0.4 is 21.1 Å². The lowest BCUT2D eigenvalue weighted by atomic mass is 10.2. The standard InChI is InChI=1S/C23H29N5O2/c1-2-25-23(27-16-18-7-5-9-20(15-18)30-17-22(24)29)26-12-6-13-28-14-11-19-8-3-4-10-21(19)28/h3-5,7-11,14-15H,2,6,12-13,16-17H2,1H3,(H2,24,29)(H2,25,26,27). The molecule has 3 rings (SSSR count). The highest BCUT2D eigenvalue weighted by Gasteiger charge is 2.02. The predicted molar refractivity (Wildman–Crippen MR) is 121 cm³/mol. The maximum absolute atomic E-state index is 10.9. The van der Waals surface area contributed by atoms with E-state index in [4.69, 9.17) is 10.5 Å². The number of aryl methyl sites for hydroxylation is 1. The third-order valence-electron chi connectivity index (χ3n) is 4.59. The van der Waals surface area contributed by atoms with Crippen molar-refractivity contribution in [2.45, 2.75) is 26.4 Å². The van der Waals surface area contributed by atoms with E-state index in [9.17, 15) is 4.79 Å². The molecule has 0 saturated heterocycles. The molecule has 2 aromatic carbocycles. The molecular weight excluding hydrogens is 378 g/mol. The van der Waals surface area contributed by atoms with Gasteiger partial charge in [-0.05, 0) is 48.6 Å². The number of fused-ring (bicyclic) bond motifs is 1. The summed E-state index contributed by atoms with van der Waals surface area (Å²) in [5.41, 5.74) is 7.38. The quantitative estimate of drug-likeness (QED) is 0.274. The zero-order valence-electron chi connectivity index (χ0n) is 17.3. The van der Waals surface area contributed by atoms with Gasteiger partial charge in [0, 0.05) is 31.3 Å². The number of hydrogen-bond donors (Lipinski definition) is 3. The fourth-order valence-corrected chi connectivity index (χ4v) is 3.19. The van der Waals surface area contributed by atoms with Crippen LogP contribution >= 0.6 is 0 Å². The average Bonchev–Trinajstić information content (AvgIpc) is 3.17. The number of benzene rings is 2. The fourth-order valence-electron chi connectivity index (χ4n) is 3.19. The van der Waals surface area contributed by atoms with Crippen LogP contribution in [0, 0.1) is 0 Å². The van der Waals surface area contributed by atoms with E-state index in [1.54, 1.807) is 6.07 Å². The molecule has 0 aliphatic carbocycles. The Bertz CT molecular complexity index is 996. The van der Waals surface area contributed by atoms with Crippen molar-refractivity contribution in [1.29, 1.82) is 0 Å². The highest BCUT2D eigenvalue weighted by atomic mass is 16.5. The normalized spacial score (nSPS) is 11.4. The van der Waals surface area contributed by atoms with Gasteiger partial charge in [-0.3, -0.25) is 4.79 Å². The minimum atomic E-state index is -0.495. The number of nitrogens with two attached hydrogens (primary N) is 1. The fraction of sp³-hybridized carbons (Fsp3) is 0.304. The number of rotatable bonds is 10. The molecule has 1 heterocycles. The minimum Gasteiger partial charge on any atom is -0.484 e. The summed E-state index contributed by atoms with van der Waals surface area (Å²) >= 11 is 0. The van der Waals surface area contributed by atoms with E-state index in [1.165, 1.54) is 10.9 Å². The van der Waals surface area contributed by atoms with E-state index in [0.29, 0.717) is 12.3 Å². The molecule has 1 amide bonds. The SMILES string of the molecule is CCNC(=NCc1cccc(OCC(N)=O)c1)NCCCn1ccc2ccccc21. The molecule has 0 radical (unpaired) electrons. The van der Waals surface area contributed by atoms with E-state index in [0.717, 1.165) is 37.6 Å². The van der Waals surface area contributed by atoms with Gasteiger partial charge in [0.1, 0.15) is 5.75 Å². The van der Waals surface area contributed by atoms with Crippen LogP contribution in [0.25, 0.3) is 10.9 Å². The van der Waals surface area contributed by atoms with E-state index >= 15 is 0 Å². The summed E-state index contributed by atoms with van der Waals surface area (Å²) in [4.78, 5) is 15.5. The lowest BCUT2D eigenvalue weighted by Crippen LogP contribution is -2.38. The predicted octanol–water partition coefficient (Wildman–Crippen LogP) is 2.65. The second kappa shape index (κ2) is 10.9. The monoisotopic (exact) mass is 407 g/mol. The number of ether oxygens (including phenoxy) is 1. The van der Waals surface area contributed by atoms with Crippen LogP contribution in [-0.4, -0.2) is 36.1 Å². The van der Waals surface area contributed by atoms with Gasteiger partial charge in [0.25, 0.3) is 5.91 Å². The van der Waals surface area contributed by atoms with Crippen molar-refractivity contribution in [3.8, 4) is 5.75 Å². The summed E-state index contributed by atoms with van der Waals surface area (Å²) in [6.45, 7) is 4.97. The van der Waals surface area contributed by atoms with Crippen molar-refractivity contribution >= 4 is 22.8 Å². The number of primary amides is 1. The number of aromatic nitrogens is 1. The number of nitrogens with zero attached hydrogens (tertiary/aromatic N) is 2. The molecule has 0 saturated carbocycles. The highest BCUT2D eigenvalue weighted by Crippen LogP contribution is 2.15. The van der Waals surface area contributed by atoms with Gasteiger partial charge in [0.2, 0.25) is 0 Å². The Hall–Kier alpha value is -3.48. The van der Waals surface area contributed by atoms with Crippen LogP contribution in [0.3, 0.4) is 0 Å². The van der Waals surface area contributed by atoms with Gasteiger partial charge in [-0.25, -0.2) is 4.99 Å². The van der Waals surface area contributed by atoms with Crippen LogP contribution in [-0.2, 0) is 17.9 Å². The molecule has 0 atom stereocenters. The summed E-state index contributed by atoms with van der Waals surface area (Å²) in [7, 11) is 0. The Morgan fingerprint density at radius 2 is 2.00 bits per heavy atom. The van der Waals surface area contributed by atoms with Crippen molar-refractivity contribution < 1.29 is 9.53 Å². The summed E-state index contributed by atoms with van der Waals surface area (Å²) < 4.78 is 7.63. The van der Waals surface area contributed by atoms with Gasteiger partial charge in [-0.1, -0.05) is 30.3 Å². The molecule has 158 valence electrons. The molecule has 0 fully saturated rings. The van der Waals surface area contributed by atoms with Gasteiger partial charge in [0.15, 0.2) is 12.6 Å². The molecule has 0 bridgehead atoms. The number of hydrogen-bond acceptors (Lipinski definition) is 3. The van der Waals surface area contributed by atoms with E-state index in [2.05, 4.69) is 56.7 Å². The Balaban J connectivity index is 1.50. The molecular formula is C23H29N5O2. The van der Waals surface area contributed by atoms with Crippen molar-refractivity contribution in [2.75, 3.05) is 19.7 Å². The average molecular weight is 408 g/mol. The first kappa shape index (κ1) is 21.2. The molecule has 3 aromatic rings. The Kier molecular flexibility index (Phi) is 7.71. The van der Waals surface area contributed by atoms with Crippen molar-refractivity contribution in [2.24, 2.45) is 10.7 Å². The van der Waals surface area contributed by atoms with E-state index in [-0.39, 0.29) is 6.61 Å². The molecule has 0 aliphatic heterocycles. The molecule has 30 heavy (non-hydrogen) atoms. The molecule has 1 aromatic heterocycles. The first-order valence-corrected chi connectivity index (χ1v) is 10.2. The maximum atomic E-state index is 10.9. The van der Waals surface area contributed by atoms with Crippen LogP contribution in [0.1, 0.15) is 18.9 Å². The Morgan fingerprint density at radius 1 is 1.13 bits per heavy atom. The zero-order valence-corrected chi connectivity index (χ0v) is 17.3. The lowest BCUT2D eigenvalue weighted by molar-refractivity contribution is -0.119. The van der Waals surface area contributed by atoms with Crippen molar-refractivity contribution in [1.82, 2.24) is 15.2 Å². The summed E-state index contributed by atoms with van der Waals surface area (Å²) in [6.07, 6.45) is 3.12. The third kappa shape index (κ3) is 6.27. The summed E-state index contributed by atoms with van der Waals surface area (Å²) in [5.74, 6) is 0.890. The van der Waals surface area contributed by atoms with Crippen LogP contribution in [0.5, 0.6) is 5.75 Å². The molecule has 0 aliphatic rings. The van der Waals surface area contributed by atoms with Gasteiger partial charge < -0.3 is 25.7 Å². The van der Waals surface area contributed by atoms with E-state index < -0.39 is 5.91 Å². The largest absolute Gasteiger partial charge is 0.484 e. The van der Waals surface area contributed by atoms with Crippen molar-refractivity contribution in [3.05, 3.63) is 66.4 Å². The second-order valence-corrected chi connectivity index (χ2v) is 6.95. The first-order chi connectivity index (χ1) is 14.7. The van der Waals surface area contributed by atoms with Crippen LogP contribution in [0.4, 0.5) is 0 Å². The van der Waals surface area contributed by atoms with Crippen LogP contribution in [0.2, 0.25) is 0 Å². The van der Waals surface area contributed by atoms with Crippen LogP contribution in [0.15, 0.2) is 65.8 Å². The molecule has 7 heteroatoms. The number of para-hydroxylation sites is 1. The van der Waals surface area contributed by atoms with Crippen molar-refractivity contribution in [3.63, 3.8) is 0 Å². The number of guanidine groups is 1. The molecule has 7 nitrogen and oxygen atoms in total. The van der Waals surface area contributed by atoms with Gasteiger partial charge in [0.05, 0.1) is 6.54 Å². The lowest BCUT2D eigenvalue weighted by Gasteiger charge is -2.12. The topological polar surface area (TPSA) is 93.7 Å². The first-order valence-electron chi connectivity index (χ1n) is 10.2. The van der Waals surface area contributed by atoms with E-state index in [1.807, 2.05) is 25.1 Å². The highest BCUT2D eigenvalue weighted by molar-refractivity contribution is 5.80. The molecule has 0 unspecified atom stereocenters. The number of aliphatic imine (C=N–C) groups is 1. The smallest absolute Gasteiger partial charge is 0.255 e. The van der Waals surface area contributed by atoms with Gasteiger partial charge in [-0.15, -0.1) is 0 Å². The minimum absolute atomic E-state index is 0.131. The second-order valence-electron chi connectivity index (χ2n) is 6.95. The Labute approximate surface area is 176 Å². The van der Waals surface area contributed by atoms with Gasteiger partial charge in [-0.2, -0.15) is 0 Å². The number of carbonyl (C=O) groups is 1. The third-order valence-corrected chi connectivity index (χ3v) is 4.59. The zero-order chi connectivity index (χ0) is 21.2. The molecule has 0 spiro atoms. The Morgan fingerprint density at radius 3 is 2.83 bits per heavy atom. The summed E-state index contributed by atoms with van der Waals surface area (Å²) in [6, 6.07) is 18.1. The number of nitrogens with one attached hydrogen (secondary N) is 2. The summed E-state index contributed by atoms with van der Waals surface area (Å²) in [5, 5.41) is 7.93. The number of amides is 1. The maximum Gasteiger partial charge on any atom is 0.255 e. The van der Waals surface area contributed by atoms with Gasteiger partial charge >= 0.3 is 0 Å². The number of carbonyl (C=O) groups excluding carboxylic acids is 1.